The molecule has 0 atom stereocenters. The largest absolute Gasteiger partial charge is 0.455 e. The Labute approximate surface area is 318 Å². The molecule has 55 heavy (non-hydrogen) atoms. The summed E-state index contributed by atoms with van der Waals surface area (Å²) < 4.78 is 87.7. The predicted molar refractivity (Wildman–Crippen MR) is 192 cm³/mol. The van der Waals surface area contributed by atoms with Crippen LogP contribution in [0.3, 0.4) is 0 Å². The molecule has 0 radical (unpaired) electrons. The fraction of sp³-hybridized carbons (Fsp3) is 0.568. The van der Waals surface area contributed by atoms with E-state index in [1.165, 1.54) is 43.8 Å². The van der Waals surface area contributed by atoms with Gasteiger partial charge in [-0.15, -0.1) is 0 Å². The molecule has 1 spiro atoms. The summed E-state index contributed by atoms with van der Waals surface area (Å²) in [6.45, 7) is 8.05. The molecule has 2 aromatic carbocycles. The highest BCUT2D eigenvalue weighted by atomic mass is 32.2. The van der Waals surface area contributed by atoms with E-state index in [9.17, 15) is 31.2 Å². The van der Waals surface area contributed by atoms with Crippen LogP contribution in [0.25, 0.3) is 11.4 Å². The molecule has 3 amide bonds. The van der Waals surface area contributed by atoms with E-state index >= 15 is 0 Å². The number of likely N-dealkylation sites (tertiary alicyclic amines) is 1. The zero-order chi connectivity index (χ0) is 39.1. The highest BCUT2D eigenvalue weighted by Gasteiger charge is 2.58. The van der Waals surface area contributed by atoms with E-state index in [0.29, 0.717) is 58.3 Å². The summed E-state index contributed by atoms with van der Waals surface area (Å²) in [5.41, 5.74) is -2.27. The highest BCUT2D eigenvalue weighted by Crippen LogP contribution is 2.43. The summed E-state index contributed by atoms with van der Waals surface area (Å²) in [7, 11) is -2.72. The minimum absolute atomic E-state index is 0.0684. The van der Waals surface area contributed by atoms with Gasteiger partial charge in [-0.2, -0.15) is 22.5 Å². The molecule has 1 aromatic heterocycles. The molecule has 4 heterocycles. The first-order chi connectivity index (χ1) is 26.2. The van der Waals surface area contributed by atoms with Crippen LogP contribution < -0.4 is 4.74 Å². The summed E-state index contributed by atoms with van der Waals surface area (Å²) in [6, 6.07) is 8.25. The maximum absolute atomic E-state index is 14.5. The Morgan fingerprint density at radius 2 is 1.71 bits per heavy atom. The zero-order valence-electron chi connectivity index (χ0n) is 31.1. The van der Waals surface area contributed by atoms with Crippen molar-refractivity contribution in [3.05, 3.63) is 53.9 Å². The van der Waals surface area contributed by atoms with E-state index in [1.807, 2.05) is 0 Å². The van der Waals surface area contributed by atoms with Gasteiger partial charge in [0.2, 0.25) is 21.7 Å². The minimum Gasteiger partial charge on any atom is -0.455 e. The van der Waals surface area contributed by atoms with Crippen LogP contribution in [0.2, 0.25) is 0 Å². The van der Waals surface area contributed by atoms with Crippen molar-refractivity contribution >= 4 is 22.0 Å². The topological polar surface area (TPSA) is 142 Å². The standard InChI is InChI=1S/C37H46F3N7O7S/c1-25(2)43(3)55(50,51)31-10-5-4-9-30(31)53-29-12-11-26(23-28(29)37(38,39)40)33-41-32(54-42-33)24-46-34(48)36(13-15-45(16-14-36)27-7-6-8-27)47(35(46)49)18-17-44-19-21-52-22-20-44/h4-5,9-12,23,25,27H,6-8,13-22,24H2,1-3H3. The maximum atomic E-state index is 14.5. The predicted octanol–water partition coefficient (Wildman–Crippen LogP) is 5.06. The molecular formula is C37H46F3N7O7S. The lowest BCUT2D eigenvalue weighted by Gasteiger charge is -2.47. The second-order valence-corrected chi connectivity index (χ2v) is 16.8. The third-order valence-electron chi connectivity index (χ3n) is 11.3. The first-order valence-corrected chi connectivity index (χ1v) is 20.1. The van der Waals surface area contributed by atoms with Crippen LogP contribution in [0.15, 0.2) is 51.9 Å². The molecule has 298 valence electrons. The number of alkyl halides is 3. The van der Waals surface area contributed by atoms with Gasteiger partial charge in [0.1, 0.15) is 28.5 Å². The van der Waals surface area contributed by atoms with Gasteiger partial charge in [-0.3, -0.25) is 14.6 Å². The van der Waals surface area contributed by atoms with Crippen molar-refractivity contribution < 1.29 is 45.2 Å². The average molecular weight is 790 g/mol. The Balaban J connectivity index is 1.11. The first-order valence-electron chi connectivity index (χ1n) is 18.7. The normalized spacial score (nSPS) is 20.3. The number of halogens is 3. The Morgan fingerprint density at radius 1 is 1.00 bits per heavy atom. The lowest BCUT2D eigenvalue weighted by atomic mass is 9.82. The summed E-state index contributed by atoms with van der Waals surface area (Å²) in [4.78, 5) is 39.7. The van der Waals surface area contributed by atoms with Crippen molar-refractivity contribution in [1.29, 1.82) is 0 Å². The number of rotatable bonds is 12. The SMILES string of the molecule is CC(C)N(C)S(=O)(=O)c1ccccc1Oc1ccc(-c2noc(CN3C(=O)N(CCN4CCOCC4)C4(CCN(C5CCC5)CC4)C3=O)n2)cc1C(F)(F)F. The Morgan fingerprint density at radius 3 is 2.36 bits per heavy atom. The second kappa shape index (κ2) is 15.4. The van der Waals surface area contributed by atoms with Gasteiger partial charge >= 0.3 is 12.2 Å². The lowest BCUT2D eigenvalue weighted by Crippen LogP contribution is -2.59. The quantitative estimate of drug-likeness (QED) is 0.228. The Bertz CT molecular complexity index is 1990. The molecule has 14 nitrogen and oxygen atoms in total. The number of piperidine rings is 1. The molecule has 18 heteroatoms. The number of hydrogen-bond acceptors (Lipinski definition) is 11. The van der Waals surface area contributed by atoms with Crippen LogP contribution in [-0.2, 0) is 32.3 Å². The Hall–Kier alpha value is -4.10. The molecule has 0 bridgehead atoms. The molecule has 0 N–H and O–H groups in total. The number of amides is 3. The fourth-order valence-corrected chi connectivity index (χ4v) is 9.12. The number of nitrogens with zero attached hydrogens (tertiary/aromatic N) is 7. The van der Waals surface area contributed by atoms with Crippen molar-refractivity contribution in [3.8, 4) is 22.9 Å². The van der Waals surface area contributed by atoms with E-state index < -0.39 is 45.1 Å². The molecule has 7 rings (SSSR count). The van der Waals surface area contributed by atoms with E-state index in [0.717, 1.165) is 47.3 Å². The van der Waals surface area contributed by atoms with Crippen LogP contribution in [0, 0.1) is 0 Å². The number of hydrogen-bond donors (Lipinski definition) is 0. The van der Waals surface area contributed by atoms with Crippen molar-refractivity contribution in [2.45, 2.75) is 81.2 Å². The number of imide groups is 1. The number of urea groups is 1. The molecule has 1 aliphatic carbocycles. The van der Waals surface area contributed by atoms with Gasteiger partial charge in [-0.1, -0.05) is 23.7 Å². The smallest absolute Gasteiger partial charge is 0.420 e. The van der Waals surface area contributed by atoms with Gasteiger partial charge in [0, 0.05) is 64.0 Å². The van der Waals surface area contributed by atoms with Crippen molar-refractivity contribution in [1.82, 2.24) is 34.0 Å². The van der Waals surface area contributed by atoms with Crippen molar-refractivity contribution in [3.63, 3.8) is 0 Å². The van der Waals surface area contributed by atoms with E-state index in [-0.39, 0.29) is 40.4 Å². The van der Waals surface area contributed by atoms with E-state index in [2.05, 4.69) is 19.9 Å². The van der Waals surface area contributed by atoms with Crippen LogP contribution >= 0.6 is 0 Å². The van der Waals surface area contributed by atoms with Crippen LogP contribution in [-0.4, -0.2) is 132 Å². The molecule has 3 aromatic rings. The monoisotopic (exact) mass is 789 g/mol. The fourth-order valence-electron chi connectivity index (χ4n) is 7.64. The van der Waals surface area contributed by atoms with Crippen LogP contribution in [0.4, 0.5) is 18.0 Å². The number of para-hydroxylation sites is 1. The molecule has 3 aliphatic heterocycles. The number of carbonyl (C=O) groups excluding carboxylic acids is 2. The third-order valence-corrected chi connectivity index (χ3v) is 13.4. The molecule has 0 unspecified atom stereocenters. The maximum Gasteiger partial charge on any atom is 0.420 e. The summed E-state index contributed by atoms with van der Waals surface area (Å²) in [6.07, 6.45) is -0.434. The number of aromatic nitrogens is 2. The summed E-state index contributed by atoms with van der Waals surface area (Å²) in [5, 5.41) is 3.90. The van der Waals surface area contributed by atoms with Crippen LogP contribution in [0.5, 0.6) is 11.5 Å². The molecule has 4 aliphatic rings. The molecule has 3 saturated heterocycles. The minimum atomic E-state index is -4.91. The zero-order valence-corrected chi connectivity index (χ0v) is 31.9. The number of ether oxygens (including phenoxy) is 2. The first kappa shape index (κ1) is 39.1. The summed E-state index contributed by atoms with van der Waals surface area (Å²) >= 11 is 0. The number of morpholine rings is 1. The average Bonchev–Trinajstić information content (AvgIpc) is 3.68. The van der Waals surface area contributed by atoms with Crippen LogP contribution in [0.1, 0.15) is 57.4 Å². The number of carbonyl (C=O) groups is 2. The van der Waals surface area contributed by atoms with E-state index in [1.54, 1.807) is 18.7 Å². The Kier molecular flexibility index (Phi) is 11.0. The third kappa shape index (κ3) is 7.70. The highest BCUT2D eigenvalue weighted by molar-refractivity contribution is 7.89. The summed E-state index contributed by atoms with van der Waals surface area (Å²) in [5.74, 6) is -1.55. The van der Waals surface area contributed by atoms with Gasteiger partial charge in [-0.25, -0.2) is 13.2 Å². The van der Waals surface area contributed by atoms with Gasteiger partial charge < -0.3 is 23.8 Å². The van der Waals surface area contributed by atoms with E-state index in [4.69, 9.17) is 14.0 Å². The van der Waals surface area contributed by atoms with Gasteiger partial charge in [0.15, 0.2) is 0 Å². The lowest BCUT2D eigenvalue weighted by molar-refractivity contribution is -0.138. The molecular weight excluding hydrogens is 744 g/mol. The van der Waals surface area contributed by atoms with Gasteiger partial charge in [0.05, 0.1) is 18.8 Å². The van der Waals surface area contributed by atoms with Crippen molar-refractivity contribution in [2.24, 2.45) is 0 Å². The van der Waals surface area contributed by atoms with Crippen molar-refractivity contribution in [2.75, 3.05) is 59.5 Å². The molecule has 4 fully saturated rings. The van der Waals surface area contributed by atoms with Gasteiger partial charge in [0.25, 0.3) is 5.91 Å². The van der Waals surface area contributed by atoms with Gasteiger partial charge in [-0.05, 0) is 69.9 Å². The number of benzene rings is 2. The second-order valence-electron chi connectivity index (χ2n) is 14.8. The number of sulfonamides is 1. The molecule has 1 saturated carbocycles.